The summed E-state index contributed by atoms with van der Waals surface area (Å²) >= 11 is 0.542. The molecule has 0 saturated heterocycles. The largest absolute Gasteiger partial charge is 0.462 e. The van der Waals surface area contributed by atoms with Crippen LogP contribution in [0.4, 0.5) is 13.2 Å². The normalized spacial score (nSPS) is 11.4. The minimum Gasteiger partial charge on any atom is -0.462 e. The van der Waals surface area contributed by atoms with Crippen LogP contribution in [0.2, 0.25) is 0 Å². The Bertz CT molecular complexity index is 605. The lowest BCUT2D eigenvalue weighted by Crippen LogP contribution is -2.04. The third-order valence-corrected chi connectivity index (χ3v) is 3.33. The van der Waals surface area contributed by atoms with Crippen LogP contribution in [0, 0.1) is 0 Å². The molecule has 20 heavy (non-hydrogen) atoms. The molecular formula is C13H10F3NO2S. The van der Waals surface area contributed by atoms with Crippen LogP contribution in [-0.4, -0.2) is 17.6 Å². The van der Waals surface area contributed by atoms with E-state index in [0.29, 0.717) is 22.5 Å². The van der Waals surface area contributed by atoms with Gasteiger partial charge in [0.15, 0.2) is 5.01 Å². The Balaban J connectivity index is 2.22. The average molecular weight is 301 g/mol. The number of hydrogen-bond acceptors (Lipinski definition) is 4. The number of aromatic nitrogens is 1. The van der Waals surface area contributed by atoms with Crippen molar-refractivity contribution in [1.82, 2.24) is 4.98 Å². The Labute approximate surface area is 117 Å². The van der Waals surface area contributed by atoms with Crippen LogP contribution in [0.3, 0.4) is 0 Å². The first-order valence-corrected chi connectivity index (χ1v) is 6.60. The summed E-state index contributed by atoms with van der Waals surface area (Å²) in [6.07, 6.45) is -4.44. The molecule has 1 aromatic heterocycles. The molecule has 0 unspecified atom stereocenters. The number of rotatable bonds is 3. The van der Waals surface area contributed by atoms with E-state index in [1.54, 1.807) is 19.1 Å². The number of alkyl halides is 3. The van der Waals surface area contributed by atoms with Gasteiger partial charge in [-0.05, 0) is 19.1 Å². The van der Waals surface area contributed by atoms with Crippen molar-refractivity contribution in [3.05, 3.63) is 40.2 Å². The summed E-state index contributed by atoms with van der Waals surface area (Å²) in [7, 11) is 0. The van der Waals surface area contributed by atoms with E-state index < -0.39 is 17.2 Å². The lowest BCUT2D eigenvalue weighted by atomic mass is 10.1. The topological polar surface area (TPSA) is 39.2 Å². The van der Waals surface area contributed by atoms with Gasteiger partial charge in [0.05, 0.1) is 17.9 Å². The van der Waals surface area contributed by atoms with Gasteiger partial charge in [0.1, 0.15) is 0 Å². The number of halogens is 3. The number of hydrogen-bond donors (Lipinski definition) is 0. The molecule has 0 N–H and O–H groups in total. The third-order valence-electron chi connectivity index (χ3n) is 2.44. The van der Waals surface area contributed by atoms with E-state index in [1.807, 2.05) is 0 Å². The summed E-state index contributed by atoms with van der Waals surface area (Å²) in [6, 6.07) is 6.09. The Morgan fingerprint density at radius 2 is 1.95 bits per heavy atom. The van der Waals surface area contributed by atoms with Crippen LogP contribution in [0.5, 0.6) is 0 Å². The van der Waals surface area contributed by atoms with E-state index in [2.05, 4.69) is 4.98 Å². The first-order chi connectivity index (χ1) is 9.41. The molecule has 3 nitrogen and oxygen atoms in total. The maximum absolute atomic E-state index is 12.5. The van der Waals surface area contributed by atoms with Crippen molar-refractivity contribution in [2.75, 3.05) is 6.61 Å². The second-order valence-corrected chi connectivity index (χ2v) is 4.69. The number of carbonyl (C=O) groups is 1. The molecule has 0 aliphatic rings. The van der Waals surface area contributed by atoms with E-state index in [1.165, 1.54) is 17.5 Å². The second kappa shape index (κ2) is 5.62. The zero-order chi connectivity index (χ0) is 14.8. The van der Waals surface area contributed by atoms with Crippen molar-refractivity contribution in [3.8, 4) is 11.3 Å². The molecule has 0 fully saturated rings. The van der Waals surface area contributed by atoms with Crippen molar-refractivity contribution < 1.29 is 22.7 Å². The smallest absolute Gasteiger partial charge is 0.443 e. The van der Waals surface area contributed by atoms with Gasteiger partial charge in [-0.25, -0.2) is 9.78 Å². The van der Waals surface area contributed by atoms with Crippen molar-refractivity contribution in [2.24, 2.45) is 0 Å². The lowest BCUT2D eigenvalue weighted by Gasteiger charge is -2.03. The van der Waals surface area contributed by atoms with E-state index in [-0.39, 0.29) is 12.3 Å². The number of benzene rings is 1. The highest BCUT2D eigenvalue weighted by Crippen LogP contribution is 2.34. The number of thiazole rings is 1. The molecule has 1 heterocycles. The molecule has 0 spiro atoms. The van der Waals surface area contributed by atoms with Crippen molar-refractivity contribution >= 4 is 17.3 Å². The van der Waals surface area contributed by atoms with Gasteiger partial charge in [-0.1, -0.05) is 12.1 Å². The maximum Gasteiger partial charge on any atom is 0.443 e. The number of ether oxygens (including phenoxy) is 1. The van der Waals surface area contributed by atoms with Crippen LogP contribution >= 0.6 is 11.3 Å². The molecule has 0 amide bonds. The number of carbonyl (C=O) groups excluding carboxylic acids is 1. The molecule has 0 aliphatic carbocycles. The molecule has 0 radical (unpaired) electrons. The minimum atomic E-state index is -4.44. The van der Waals surface area contributed by atoms with Crippen LogP contribution in [0.25, 0.3) is 11.3 Å². The zero-order valence-electron chi connectivity index (χ0n) is 10.4. The van der Waals surface area contributed by atoms with Gasteiger partial charge in [-0.15, -0.1) is 11.3 Å². The summed E-state index contributed by atoms with van der Waals surface area (Å²) < 4.78 is 42.2. The molecule has 2 aromatic rings. The first kappa shape index (κ1) is 14.5. The molecule has 7 heteroatoms. The molecule has 0 bridgehead atoms. The standard InChI is InChI=1S/C13H10F3NO2S/c1-2-19-11(18)9-5-3-8(4-6-9)10-7-20-12(17-10)13(14,15)16/h3-7H,2H2,1H3. The number of nitrogens with zero attached hydrogens (tertiary/aromatic N) is 1. The number of esters is 1. The van der Waals surface area contributed by atoms with Crippen molar-refractivity contribution in [2.45, 2.75) is 13.1 Å². The minimum absolute atomic E-state index is 0.234. The maximum atomic E-state index is 12.5. The highest BCUT2D eigenvalue weighted by molar-refractivity contribution is 7.10. The molecule has 2 rings (SSSR count). The Morgan fingerprint density at radius 1 is 1.30 bits per heavy atom. The second-order valence-electron chi connectivity index (χ2n) is 3.83. The lowest BCUT2D eigenvalue weighted by molar-refractivity contribution is -0.137. The molecule has 1 aromatic carbocycles. The fourth-order valence-corrected chi connectivity index (χ4v) is 2.22. The van der Waals surface area contributed by atoms with Gasteiger partial charge in [0.2, 0.25) is 0 Å². The predicted molar refractivity (Wildman–Crippen MR) is 68.5 cm³/mol. The van der Waals surface area contributed by atoms with Gasteiger partial charge in [0, 0.05) is 10.9 Å². The molecule has 0 atom stereocenters. The summed E-state index contributed by atoms with van der Waals surface area (Å²) in [5, 5.41) is 0.448. The van der Waals surface area contributed by atoms with Gasteiger partial charge in [-0.3, -0.25) is 0 Å². The Kier molecular flexibility index (Phi) is 4.08. The third kappa shape index (κ3) is 3.16. The van der Waals surface area contributed by atoms with E-state index >= 15 is 0 Å². The first-order valence-electron chi connectivity index (χ1n) is 5.72. The van der Waals surface area contributed by atoms with E-state index in [4.69, 9.17) is 4.74 Å². The van der Waals surface area contributed by atoms with Gasteiger partial charge in [0.25, 0.3) is 0 Å². The van der Waals surface area contributed by atoms with Crippen LogP contribution in [-0.2, 0) is 10.9 Å². The predicted octanol–water partition coefficient (Wildman–Crippen LogP) is 4.01. The summed E-state index contributed by atoms with van der Waals surface area (Å²) in [5.74, 6) is -0.465. The highest BCUT2D eigenvalue weighted by atomic mass is 32.1. The molecule has 0 aliphatic heterocycles. The van der Waals surface area contributed by atoms with E-state index in [0.717, 1.165) is 0 Å². The molecular weight excluding hydrogens is 291 g/mol. The summed E-state index contributed by atoms with van der Waals surface area (Å²) in [5.41, 5.74) is 1.10. The molecule has 106 valence electrons. The van der Waals surface area contributed by atoms with Gasteiger partial charge >= 0.3 is 12.1 Å². The van der Waals surface area contributed by atoms with Gasteiger partial charge < -0.3 is 4.74 Å². The zero-order valence-corrected chi connectivity index (χ0v) is 11.2. The average Bonchev–Trinajstić information content (AvgIpc) is 2.89. The van der Waals surface area contributed by atoms with Crippen molar-refractivity contribution in [1.29, 1.82) is 0 Å². The Morgan fingerprint density at radius 3 is 2.45 bits per heavy atom. The van der Waals surface area contributed by atoms with Crippen LogP contribution in [0.1, 0.15) is 22.3 Å². The van der Waals surface area contributed by atoms with Crippen LogP contribution in [0.15, 0.2) is 29.6 Å². The van der Waals surface area contributed by atoms with Gasteiger partial charge in [-0.2, -0.15) is 13.2 Å². The highest BCUT2D eigenvalue weighted by Gasteiger charge is 2.34. The Hall–Kier alpha value is -1.89. The SMILES string of the molecule is CCOC(=O)c1ccc(-c2csc(C(F)(F)F)n2)cc1. The summed E-state index contributed by atoms with van der Waals surface area (Å²) in [4.78, 5) is 15.0. The quantitative estimate of drug-likeness (QED) is 0.804. The van der Waals surface area contributed by atoms with E-state index in [9.17, 15) is 18.0 Å². The van der Waals surface area contributed by atoms with Crippen molar-refractivity contribution in [3.63, 3.8) is 0 Å². The summed E-state index contributed by atoms with van der Waals surface area (Å²) in [6.45, 7) is 1.96. The monoisotopic (exact) mass is 301 g/mol. The fourth-order valence-electron chi connectivity index (χ4n) is 1.53. The fraction of sp³-hybridized carbons (Fsp3) is 0.231. The van der Waals surface area contributed by atoms with Crippen LogP contribution < -0.4 is 0 Å². The molecule has 0 saturated carbocycles.